The van der Waals surface area contributed by atoms with Gasteiger partial charge in [-0.1, -0.05) is 35.4 Å². The zero-order valence-electron chi connectivity index (χ0n) is 12.3. The summed E-state index contributed by atoms with van der Waals surface area (Å²) in [7, 11) is 0. The van der Waals surface area contributed by atoms with E-state index >= 15 is 0 Å². The van der Waals surface area contributed by atoms with Gasteiger partial charge < -0.3 is 5.32 Å². The Labute approximate surface area is 130 Å². The first kappa shape index (κ1) is 14.6. The summed E-state index contributed by atoms with van der Waals surface area (Å²) in [6, 6.07) is 10.3. The van der Waals surface area contributed by atoms with Crippen LogP contribution in [0.2, 0.25) is 5.02 Å². The molecule has 0 aliphatic heterocycles. The maximum Gasteiger partial charge on any atom is 0.127 e. The Morgan fingerprint density at radius 2 is 1.90 bits per heavy atom. The summed E-state index contributed by atoms with van der Waals surface area (Å²) in [6.07, 6.45) is 2.52. The maximum atomic E-state index is 13.6. The van der Waals surface area contributed by atoms with E-state index in [4.69, 9.17) is 11.6 Å². The number of benzene rings is 2. The molecule has 21 heavy (non-hydrogen) atoms. The van der Waals surface area contributed by atoms with Crippen molar-refractivity contribution in [1.29, 1.82) is 0 Å². The summed E-state index contributed by atoms with van der Waals surface area (Å²) >= 11 is 6.27. The predicted molar refractivity (Wildman–Crippen MR) is 86.2 cm³/mol. The van der Waals surface area contributed by atoms with Gasteiger partial charge in [-0.05, 0) is 55.5 Å². The Kier molecular flexibility index (Phi) is 4.01. The van der Waals surface area contributed by atoms with Gasteiger partial charge in [-0.2, -0.15) is 0 Å². The zero-order valence-corrected chi connectivity index (χ0v) is 13.1. The highest BCUT2D eigenvalue weighted by Gasteiger charge is 2.21. The summed E-state index contributed by atoms with van der Waals surface area (Å²) in [4.78, 5) is 0. The molecule has 0 atom stereocenters. The molecule has 1 saturated carbocycles. The van der Waals surface area contributed by atoms with Gasteiger partial charge in [0.25, 0.3) is 0 Å². The predicted octanol–water partition coefficient (Wildman–Crippen LogP) is 5.01. The van der Waals surface area contributed by atoms with Crippen LogP contribution in [0, 0.1) is 19.7 Å². The quantitative estimate of drug-likeness (QED) is 0.836. The molecule has 0 aromatic heterocycles. The van der Waals surface area contributed by atoms with Gasteiger partial charge >= 0.3 is 0 Å². The molecule has 1 fully saturated rings. The van der Waals surface area contributed by atoms with E-state index in [1.807, 2.05) is 6.07 Å². The molecule has 0 amide bonds. The SMILES string of the molecule is Cc1ccc(CNC2CC2)c(-c2cc(C)c(F)cc2Cl)c1. The standard InChI is InChI=1S/C18H19ClFN/c1-11-3-4-13(10-21-14-5-6-14)15(7-11)16-8-12(2)18(20)9-17(16)19/h3-4,7-9,14,21H,5-6,10H2,1-2H3. The lowest BCUT2D eigenvalue weighted by molar-refractivity contribution is 0.619. The number of hydrogen-bond donors (Lipinski definition) is 1. The largest absolute Gasteiger partial charge is 0.310 e. The topological polar surface area (TPSA) is 12.0 Å². The highest BCUT2D eigenvalue weighted by Crippen LogP contribution is 2.33. The van der Waals surface area contributed by atoms with Crippen molar-refractivity contribution in [2.45, 2.75) is 39.3 Å². The molecule has 1 aliphatic carbocycles. The summed E-state index contributed by atoms with van der Waals surface area (Å²) in [5, 5.41) is 4.00. The molecule has 0 radical (unpaired) electrons. The fourth-order valence-corrected chi connectivity index (χ4v) is 2.75. The minimum absolute atomic E-state index is 0.256. The van der Waals surface area contributed by atoms with E-state index in [1.165, 1.54) is 30.0 Å². The molecule has 2 aromatic carbocycles. The van der Waals surface area contributed by atoms with Crippen molar-refractivity contribution < 1.29 is 4.39 Å². The van der Waals surface area contributed by atoms with Crippen molar-refractivity contribution in [2.24, 2.45) is 0 Å². The van der Waals surface area contributed by atoms with Gasteiger partial charge in [0.1, 0.15) is 5.82 Å². The first-order chi connectivity index (χ1) is 10.0. The van der Waals surface area contributed by atoms with E-state index in [-0.39, 0.29) is 5.82 Å². The molecule has 3 heteroatoms. The van der Waals surface area contributed by atoms with Crippen molar-refractivity contribution in [3.63, 3.8) is 0 Å². The molecule has 1 N–H and O–H groups in total. The van der Waals surface area contributed by atoms with Crippen LogP contribution < -0.4 is 5.32 Å². The smallest absolute Gasteiger partial charge is 0.127 e. The highest BCUT2D eigenvalue weighted by molar-refractivity contribution is 6.33. The normalized spacial score (nSPS) is 14.5. The zero-order chi connectivity index (χ0) is 15.0. The second-order valence-electron chi connectivity index (χ2n) is 5.90. The summed E-state index contributed by atoms with van der Waals surface area (Å²) in [6.45, 7) is 4.66. The molecule has 1 aliphatic rings. The number of hydrogen-bond acceptors (Lipinski definition) is 1. The van der Waals surface area contributed by atoms with Gasteiger partial charge in [0.15, 0.2) is 0 Å². The van der Waals surface area contributed by atoms with Crippen LogP contribution in [0.1, 0.15) is 29.5 Å². The van der Waals surface area contributed by atoms with E-state index < -0.39 is 0 Å². The van der Waals surface area contributed by atoms with Crippen LogP contribution in [0.3, 0.4) is 0 Å². The summed E-state index contributed by atoms with van der Waals surface area (Å²) < 4.78 is 13.6. The van der Waals surface area contributed by atoms with Crippen molar-refractivity contribution in [1.82, 2.24) is 5.32 Å². The Morgan fingerprint density at radius 1 is 1.14 bits per heavy atom. The van der Waals surface area contributed by atoms with E-state index in [0.29, 0.717) is 16.6 Å². The molecule has 0 unspecified atom stereocenters. The lowest BCUT2D eigenvalue weighted by Gasteiger charge is -2.14. The Bertz CT molecular complexity index is 677. The van der Waals surface area contributed by atoms with Crippen LogP contribution in [0.15, 0.2) is 30.3 Å². The van der Waals surface area contributed by atoms with Crippen LogP contribution in [-0.4, -0.2) is 6.04 Å². The maximum absolute atomic E-state index is 13.6. The molecular weight excluding hydrogens is 285 g/mol. The molecule has 2 aromatic rings. The minimum Gasteiger partial charge on any atom is -0.310 e. The molecular formula is C18H19ClFN. The summed E-state index contributed by atoms with van der Waals surface area (Å²) in [5.41, 5.74) is 5.01. The highest BCUT2D eigenvalue weighted by atomic mass is 35.5. The van der Waals surface area contributed by atoms with Gasteiger partial charge in [0.2, 0.25) is 0 Å². The average Bonchev–Trinajstić information content (AvgIpc) is 3.25. The van der Waals surface area contributed by atoms with Crippen molar-refractivity contribution in [3.8, 4) is 11.1 Å². The monoisotopic (exact) mass is 303 g/mol. The van der Waals surface area contributed by atoms with Crippen molar-refractivity contribution >= 4 is 11.6 Å². The summed E-state index contributed by atoms with van der Waals surface area (Å²) in [5.74, 6) is -0.256. The molecule has 110 valence electrons. The fraction of sp³-hybridized carbons (Fsp3) is 0.333. The first-order valence-electron chi connectivity index (χ1n) is 7.33. The second-order valence-corrected chi connectivity index (χ2v) is 6.30. The lowest BCUT2D eigenvalue weighted by atomic mass is 9.96. The van der Waals surface area contributed by atoms with E-state index in [0.717, 1.165) is 17.7 Å². The molecule has 1 nitrogen and oxygen atoms in total. The van der Waals surface area contributed by atoms with E-state index in [2.05, 4.69) is 30.4 Å². The molecule has 3 rings (SSSR count). The first-order valence-corrected chi connectivity index (χ1v) is 7.71. The Morgan fingerprint density at radius 3 is 2.62 bits per heavy atom. The Hall–Kier alpha value is -1.38. The van der Waals surface area contributed by atoms with Crippen LogP contribution >= 0.6 is 11.6 Å². The number of nitrogens with one attached hydrogen (secondary N) is 1. The average molecular weight is 304 g/mol. The molecule has 0 bridgehead atoms. The van der Waals surface area contributed by atoms with Gasteiger partial charge in [-0.15, -0.1) is 0 Å². The third kappa shape index (κ3) is 3.28. The molecule has 0 heterocycles. The molecule has 0 saturated heterocycles. The van der Waals surface area contributed by atoms with Crippen LogP contribution in [0.4, 0.5) is 4.39 Å². The van der Waals surface area contributed by atoms with Gasteiger partial charge in [-0.3, -0.25) is 0 Å². The lowest BCUT2D eigenvalue weighted by Crippen LogP contribution is -2.16. The van der Waals surface area contributed by atoms with Gasteiger partial charge in [0.05, 0.1) is 5.02 Å². The van der Waals surface area contributed by atoms with Crippen LogP contribution in [0.5, 0.6) is 0 Å². The third-order valence-electron chi connectivity index (χ3n) is 3.96. The molecule has 0 spiro atoms. The number of halogens is 2. The van der Waals surface area contributed by atoms with E-state index in [9.17, 15) is 4.39 Å². The van der Waals surface area contributed by atoms with Crippen LogP contribution in [-0.2, 0) is 6.54 Å². The van der Waals surface area contributed by atoms with E-state index in [1.54, 1.807) is 6.92 Å². The minimum atomic E-state index is -0.256. The van der Waals surface area contributed by atoms with Crippen molar-refractivity contribution in [2.75, 3.05) is 0 Å². The Balaban J connectivity index is 2.02. The number of aryl methyl sites for hydroxylation is 2. The third-order valence-corrected chi connectivity index (χ3v) is 4.28. The van der Waals surface area contributed by atoms with Crippen LogP contribution in [0.25, 0.3) is 11.1 Å². The second kappa shape index (κ2) is 5.78. The van der Waals surface area contributed by atoms with Gasteiger partial charge in [0, 0.05) is 18.2 Å². The van der Waals surface area contributed by atoms with Crippen molar-refractivity contribution in [3.05, 3.63) is 57.9 Å². The number of rotatable bonds is 4. The van der Waals surface area contributed by atoms with Gasteiger partial charge in [-0.25, -0.2) is 4.39 Å². The fourth-order valence-electron chi connectivity index (χ4n) is 2.50.